The fraction of sp³-hybridized carbons (Fsp3) is 0.152. The van der Waals surface area contributed by atoms with Gasteiger partial charge in [-0.15, -0.1) is 0 Å². The first kappa shape index (κ1) is 26.3. The van der Waals surface area contributed by atoms with Crippen molar-refractivity contribution in [2.24, 2.45) is 0 Å². The number of para-hydroxylation sites is 3. The maximum atomic E-state index is 8.12. The minimum atomic E-state index is -2.20. The third-order valence-electron chi connectivity index (χ3n) is 10.0. The van der Waals surface area contributed by atoms with Crippen molar-refractivity contribution in [2.45, 2.75) is 46.4 Å². The summed E-state index contributed by atoms with van der Waals surface area (Å²) in [7, 11) is 0. The molecule has 0 N–H and O–H groups in total. The van der Waals surface area contributed by atoms with Crippen LogP contribution in [-0.4, -0.2) is 9.55 Å². The summed E-state index contributed by atoms with van der Waals surface area (Å²) in [6, 6.07) is 43.8. The van der Waals surface area contributed by atoms with Gasteiger partial charge in [-0.2, -0.15) is 0 Å². The summed E-state index contributed by atoms with van der Waals surface area (Å²) >= 11 is 0. The number of aryl methyl sites for hydroxylation is 1. The molecule has 0 amide bonds. The van der Waals surface area contributed by atoms with Gasteiger partial charge in [0.2, 0.25) is 0 Å². The van der Waals surface area contributed by atoms with Crippen LogP contribution in [0.5, 0.6) is 0 Å². The van der Waals surface area contributed by atoms with Crippen molar-refractivity contribution in [3.05, 3.63) is 144 Å². The van der Waals surface area contributed by atoms with Crippen molar-refractivity contribution in [2.75, 3.05) is 0 Å². The molecular formula is C46H38N2O. The van der Waals surface area contributed by atoms with E-state index in [-0.39, 0.29) is 11.8 Å². The van der Waals surface area contributed by atoms with Crippen LogP contribution >= 0.6 is 0 Å². The summed E-state index contributed by atoms with van der Waals surface area (Å²) in [6.07, 6.45) is 0. The molecule has 0 radical (unpaired) electrons. The van der Waals surface area contributed by atoms with Gasteiger partial charge in [0, 0.05) is 14.9 Å². The topological polar surface area (TPSA) is 31.0 Å². The second-order valence-electron chi connectivity index (χ2n) is 13.8. The van der Waals surface area contributed by atoms with Gasteiger partial charge in [0.1, 0.15) is 17.0 Å². The zero-order valence-corrected chi connectivity index (χ0v) is 28.1. The molecule has 2 heterocycles. The molecule has 0 aliphatic rings. The normalized spacial score (nSPS) is 13.3. The predicted molar refractivity (Wildman–Crippen MR) is 207 cm³/mol. The summed E-state index contributed by atoms with van der Waals surface area (Å²) in [6.45, 7) is 6.87. The quantitative estimate of drug-likeness (QED) is 0.176. The van der Waals surface area contributed by atoms with Gasteiger partial charge >= 0.3 is 0 Å². The maximum absolute atomic E-state index is 8.12. The average Bonchev–Trinajstić information content (AvgIpc) is 3.71. The molecule has 0 spiro atoms. The van der Waals surface area contributed by atoms with Crippen molar-refractivity contribution in [1.29, 1.82) is 0 Å². The molecule has 0 aliphatic carbocycles. The molecular weight excluding hydrogens is 597 g/mol. The lowest BCUT2D eigenvalue weighted by molar-refractivity contribution is 0.670. The molecule has 49 heavy (non-hydrogen) atoms. The number of hydrogen-bond donors (Lipinski definition) is 0. The van der Waals surface area contributed by atoms with Gasteiger partial charge in [0.25, 0.3) is 0 Å². The Kier molecular flexibility index (Phi) is 6.01. The van der Waals surface area contributed by atoms with Crippen LogP contribution in [0.1, 0.15) is 60.3 Å². The smallest absolute Gasteiger partial charge is 0.149 e. The Labute approximate surface area is 290 Å². The monoisotopic (exact) mass is 637 g/mol. The second kappa shape index (κ2) is 11.2. The van der Waals surface area contributed by atoms with Gasteiger partial charge in [-0.3, -0.25) is 4.57 Å². The number of furan rings is 1. The average molecular weight is 638 g/mol. The van der Waals surface area contributed by atoms with Crippen LogP contribution in [0.2, 0.25) is 0 Å². The maximum Gasteiger partial charge on any atom is 0.149 e. The van der Waals surface area contributed by atoms with Crippen molar-refractivity contribution >= 4 is 54.5 Å². The molecule has 0 saturated carbocycles. The number of benzene rings is 7. The zero-order valence-electron chi connectivity index (χ0n) is 31.1. The Balaban J connectivity index is 1.33. The minimum absolute atomic E-state index is 0.250. The van der Waals surface area contributed by atoms with Crippen molar-refractivity contribution in [3.8, 4) is 28.2 Å². The number of nitrogens with zero attached hydrogens (tertiary/aromatic N) is 2. The van der Waals surface area contributed by atoms with E-state index in [0.29, 0.717) is 5.56 Å². The molecule has 3 heteroatoms. The third-order valence-corrected chi connectivity index (χ3v) is 10.0. The molecule has 0 fully saturated rings. The minimum Gasteiger partial charge on any atom is -0.455 e. The van der Waals surface area contributed by atoms with Crippen molar-refractivity contribution < 1.29 is 8.53 Å². The van der Waals surface area contributed by atoms with Gasteiger partial charge in [-0.1, -0.05) is 113 Å². The zero-order chi connectivity index (χ0) is 35.9. The third kappa shape index (κ3) is 4.60. The van der Waals surface area contributed by atoms with Crippen LogP contribution in [0.25, 0.3) is 82.7 Å². The van der Waals surface area contributed by atoms with Gasteiger partial charge in [-0.05, 0) is 111 Å². The first-order valence-corrected chi connectivity index (χ1v) is 17.1. The SMILES string of the molecule is [2H]C([2H])([2H])c1cccc2c1ccc1cc3c(cc12)oc1c(-c2nc4ccccc4n2-c2c(C(C)C)cc(-c4ccccc4)cc2C(C)C)cccc13. The van der Waals surface area contributed by atoms with E-state index < -0.39 is 6.85 Å². The second-order valence-corrected chi connectivity index (χ2v) is 13.8. The Hall–Kier alpha value is -5.67. The molecule has 0 aliphatic heterocycles. The van der Waals surface area contributed by atoms with Crippen LogP contribution in [0.3, 0.4) is 0 Å². The summed E-state index contributed by atoms with van der Waals surface area (Å²) in [5.41, 5.74) is 10.9. The van der Waals surface area contributed by atoms with Gasteiger partial charge in [0.05, 0.1) is 22.3 Å². The van der Waals surface area contributed by atoms with E-state index in [9.17, 15) is 0 Å². The van der Waals surface area contributed by atoms with Crippen LogP contribution < -0.4 is 0 Å². The fourth-order valence-corrected chi connectivity index (χ4v) is 7.61. The molecule has 0 atom stereocenters. The first-order chi connectivity index (χ1) is 25.1. The largest absolute Gasteiger partial charge is 0.455 e. The standard InChI is InChI=1S/C46H38N2O/c1-27(2)37-24-32(30-14-7-6-8-15-30)25-38(28(3)4)44(37)48-42-20-10-9-19-41(42)47-46(48)36-18-12-17-35-40-23-31-21-22-33-29(5)13-11-16-34(33)39(31)26-43(40)49-45(35)36/h6-28H,1-5H3/i5D3. The van der Waals surface area contributed by atoms with E-state index in [1.54, 1.807) is 6.07 Å². The number of fused-ring (bicyclic) bond motifs is 7. The number of hydrogen-bond acceptors (Lipinski definition) is 2. The van der Waals surface area contributed by atoms with Crippen LogP contribution in [0.4, 0.5) is 0 Å². The van der Waals surface area contributed by atoms with Crippen molar-refractivity contribution in [1.82, 2.24) is 9.55 Å². The van der Waals surface area contributed by atoms with Crippen LogP contribution in [0.15, 0.2) is 132 Å². The summed E-state index contributed by atoms with van der Waals surface area (Å²) < 4.78 is 33.6. The summed E-state index contributed by atoms with van der Waals surface area (Å²) in [5.74, 6) is 1.33. The summed E-state index contributed by atoms with van der Waals surface area (Å²) in [5, 5.41) is 5.65. The molecule has 2 aromatic heterocycles. The molecule has 238 valence electrons. The van der Waals surface area contributed by atoms with Gasteiger partial charge < -0.3 is 4.42 Å². The molecule has 0 saturated heterocycles. The van der Waals surface area contributed by atoms with Crippen LogP contribution in [0, 0.1) is 6.85 Å². The highest BCUT2D eigenvalue weighted by Gasteiger charge is 2.25. The first-order valence-electron chi connectivity index (χ1n) is 18.6. The molecule has 9 aromatic rings. The highest BCUT2D eigenvalue weighted by molar-refractivity contribution is 6.17. The lowest BCUT2D eigenvalue weighted by Crippen LogP contribution is -2.09. The highest BCUT2D eigenvalue weighted by atomic mass is 16.3. The number of imidazole rings is 1. The van der Waals surface area contributed by atoms with E-state index in [1.807, 2.05) is 30.3 Å². The Morgan fingerprint density at radius 1 is 0.612 bits per heavy atom. The van der Waals surface area contributed by atoms with Crippen LogP contribution in [-0.2, 0) is 0 Å². The number of aromatic nitrogens is 2. The van der Waals surface area contributed by atoms with Gasteiger partial charge in [0.15, 0.2) is 0 Å². The molecule has 7 aromatic carbocycles. The number of rotatable bonds is 5. The Morgan fingerprint density at radius 3 is 2.12 bits per heavy atom. The van der Waals surface area contributed by atoms with Crippen molar-refractivity contribution in [3.63, 3.8) is 0 Å². The molecule has 3 nitrogen and oxygen atoms in total. The van der Waals surface area contributed by atoms with E-state index in [0.717, 1.165) is 65.9 Å². The molecule has 9 rings (SSSR count). The molecule has 0 bridgehead atoms. The highest BCUT2D eigenvalue weighted by Crippen LogP contribution is 2.43. The van der Waals surface area contributed by atoms with E-state index in [4.69, 9.17) is 13.5 Å². The Bertz CT molecular complexity index is 2810. The molecule has 0 unspecified atom stereocenters. The fourth-order valence-electron chi connectivity index (χ4n) is 7.61. The summed E-state index contributed by atoms with van der Waals surface area (Å²) in [4.78, 5) is 5.34. The lowest BCUT2D eigenvalue weighted by atomic mass is 9.88. The van der Waals surface area contributed by atoms with Gasteiger partial charge in [-0.25, -0.2) is 4.98 Å². The Morgan fingerprint density at radius 2 is 1.35 bits per heavy atom. The lowest BCUT2D eigenvalue weighted by Gasteiger charge is -2.24. The predicted octanol–water partition coefficient (Wildman–Crippen LogP) is 13.1. The van der Waals surface area contributed by atoms with E-state index >= 15 is 0 Å². The van der Waals surface area contributed by atoms with E-state index in [2.05, 4.69) is 123 Å². The van der Waals surface area contributed by atoms with E-state index in [1.165, 1.54) is 27.9 Å².